The lowest BCUT2D eigenvalue weighted by Crippen LogP contribution is -2.56. The minimum Gasteiger partial charge on any atom is -0.361 e. The van der Waals surface area contributed by atoms with Crippen LogP contribution in [-0.4, -0.2) is 76.8 Å². The highest BCUT2D eigenvalue weighted by atomic mass is 16.2. The summed E-state index contributed by atoms with van der Waals surface area (Å²) in [5.41, 5.74) is 3.39. The van der Waals surface area contributed by atoms with Crippen molar-refractivity contribution in [2.75, 3.05) is 20.1 Å². The lowest BCUT2D eigenvalue weighted by molar-refractivity contribution is -0.139. The van der Waals surface area contributed by atoms with Crippen molar-refractivity contribution < 1.29 is 14.4 Å². The van der Waals surface area contributed by atoms with E-state index in [0.29, 0.717) is 13.1 Å². The molecule has 5 atom stereocenters. The van der Waals surface area contributed by atoms with E-state index in [1.54, 1.807) is 20.9 Å². The fourth-order valence-corrected chi connectivity index (χ4v) is 5.65. The van der Waals surface area contributed by atoms with Crippen molar-refractivity contribution in [1.82, 2.24) is 25.4 Å². The second-order valence-electron chi connectivity index (χ2n) is 10.2. The number of rotatable bonds is 6. The Kier molecular flexibility index (Phi) is 6.71. The van der Waals surface area contributed by atoms with Crippen LogP contribution in [-0.2, 0) is 14.4 Å². The molecule has 34 heavy (non-hydrogen) atoms. The van der Waals surface area contributed by atoms with Crippen LogP contribution in [0, 0.1) is 12.8 Å². The number of amides is 3. The average Bonchev–Trinajstić information content (AvgIpc) is 3.49. The highest BCUT2D eigenvalue weighted by Gasteiger charge is 2.53. The van der Waals surface area contributed by atoms with Gasteiger partial charge in [-0.3, -0.25) is 14.4 Å². The molecule has 2 aliphatic rings. The van der Waals surface area contributed by atoms with E-state index >= 15 is 0 Å². The second-order valence-corrected chi connectivity index (χ2v) is 10.2. The van der Waals surface area contributed by atoms with Crippen LogP contribution in [0.2, 0.25) is 0 Å². The SMILES string of the molecule is CN[C@@H](C)C(=O)N[C@H](C(=O)N1CC[C@@H]2[C@H]1[C@@H](c1c[nH]c3cc(C)ccc13)CN2C(C)=O)C(C)C. The standard InChI is InChI=1S/C26H37N5O3/c1-14(2)23(29-25(33)16(4)27-6)26(34)30-10-9-22-24(30)20(13-31(22)17(5)32)19-12-28-21-11-15(3)7-8-18(19)21/h7-8,11-12,14,16,20,22-24,27-28H,9-10,13H2,1-6H3,(H,29,33)/t16-,20+,22+,23-,24+/m0/s1. The number of H-pyrrole nitrogens is 1. The number of aromatic nitrogens is 1. The van der Waals surface area contributed by atoms with E-state index in [0.717, 1.165) is 22.9 Å². The van der Waals surface area contributed by atoms with Crippen molar-refractivity contribution in [3.05, 3.63) is 35.5 Å². The first-order valence-electron chi connectivity index (χ1n) is 12.3. The summed E-state index contributed by atoms with van der Waals surface area (Å²) in [6.07, 6.45) is 2.78. The van der Waals surface area contributed by atoms with Gasteiger partial charge in [-0.2, -0.15) is 0 Å². The van der Waals surface area contributed by atoms with Crippen LogP contribution in [0.5, 0.6) is 0 Å². The summed E-state index contributed by atoms with van der Waals surface area (Å²) in [5.74, 6) is -0.258. The molecular formula is C26H37N5O3. The van der Waals surface area contributed by atoms with Gasteiger partial charge in [-0.1, -0.05) is 26.0 Å². The van der Waals surface area contributed by atoms with Gasteiger partial charge in [-0.05, 0) is 50.4 Å². The van der Waals surface area contributed by atoms with Gasteiger partial charge in [-0.15, -0.1) is 0 Å². The molecule has 4 rings (SSSR count). The molecule has 3 amide bonds. The lowest BCUT2D eigenvalue weighted by atomic mass is 9.90. The van der Waals surface area contributed by atoms with E-state index in [-0.39, 0.29) is 47.7 Å². The summed E-state index contributed by atoms with van der Waals surface area (Å²) in [4.78, 5) is 46.2. The largest absolute Gasteiger partial charge is 0.361 e. The molecular weight excluding hydrogens is 430 g/mol. The van der Waals surface area contributed by atoms with Crippen LogP contribution in [0.4, 0.5) is 0 Å². The first kappa shape index (κ1) is 24.3. The van der Waals surface area contributed by atoms with E-state index in [4.69, 9.17) is 0 Å². The zero-order valence-corrected chi connectivity index (χ0v) is 21.0. The van der Waals surface area contributed by atoms with E-state index < -0.39 is 6.04 Å². The van der Waals surface area contributed by atoms with Gasteiger partial charge in [0, 0.05) is 43.0 Å². The molecule has 1 aromatic carbocycles. The third-order valence-electron chi connectivity index (χ3n) is 7.64. The minimum atomic E-state index is -0.611. The van der Waals surface area contributed by atoms with Crippen LogP contribution in [0.3, 0.4) is 0 Å². The summed E-state index contributed by atoms with van der Waals surface area (Å²) in [5, 5.41) is 7.03. The number of aromatic amines is 1. The van der Waals surface area contributed by atoms with Crippen LogP contribution in [0.15, 0.2) is 24.4 Å². The number of likely N-dealkylation sites (N-methyl/N-ethyl adjacent to an activating group) is 1. The average molecular weight is 468 g/mol. The lowest BCUT2D eigenvalue weighted by Gasteiger charge is -2.33. The third-order valence-corrected chi connectivity index (χ3v) is 7.64. The first-order chi connectivity index (χ1) is 16.1. The molecule has 8 heteroatoms. The monoisotopic (exact) mass is 467 g/mol. The second kappa shape index (κ2) is 9.41. The van der Waals surface area contributed by atoms with E-state index in [2.05, 4.69) is 40.7 Å². The maximum Gasteiger partial charge on any atom is 0.245 e. The molecule has 2 saturated heterocycles. The van der Waals surface area contributed by atoms with Crippen LogP contribution >= 0.6 is 0 Å². The molecule has 3 heterocycles. The Labute approximate surface area is 201 Å². The molecule has 0 aliphatic carbocycles. The van der Waals surface area contributed by atoms with Crippen LogP contribution in [0.25, 0.3) is 10.9 Å². The van der Waals surface area contributed by atoms with Crippen molar-refractivity contribution >= 4 is 28.6 Å². The molecule has 0 bridgehead atoms. The predicted octanol–water partition coefficient (Wildman–Crippen LogP) is 2.14. The van der Waals surface area contributed by atoms with Crippen molar-refractivity contribution in [3.8, 4) is 0 Å². The molecule has 2 aromatic rings. The number of fused-ring (bicyclic) bond motifs is 2. The predicted molar refractivity (Wildman–Crippen MR) is 132 cm³/mol. The number of carbonyl (C=O) groups excluding carboxylic acids is 3. The number of carbonyl (C=O) groups is 3. The van der Waals surface area contributed by atoms with Gasteiger partial charge in [0.15, 0.2) is 0 Å². The Morgan fingerprint density at radius 1 is 1.15 bits per heavy atom. The Morgan fingerprint density at radius 2 is 1.88 bits per heavy atom. The Balaban J connectivity index is 1.68. The van der Waals surface area contributed by atoms with Gasteiger partial charge >= 0.3 is 0 Å². The molecule has 0 radical (unpaired) electrons. The van der Waals surface area contributed by atoms with E-state index in [1.165, 1.54) is 5.56 Å². The van der Waals surface area contributed by atoms with Crippen molar-refractivity contribution in [1.29, 1.82) is 0 Å². The zero-order valence-electron chi connectivity index (χ0n) is 21.0. The zero-order chi connectivity index (χ0) is 24.7. The fraction of sp³-hybridized carbons (Fsp3) is 0.577. The van der Waals surface area contributed by atoms with Gasteiger partial charge in [-0.25, -0.2) is 0 Å². The number of likely N-dealkylation sites (tertiary alicyclic amines) is 2. The van der Waals surface area contributed by atoms with E-state index in [9.17, 15) is 14.4 Å². The van der Waals surface area contributed by atoms with Crippen molar-refractivity contribution in [3.63, 3.8) is 0 Å². The van der Waals surface area contributed by atoms with Crippen LogP contribution in [0.1, 0.15) is 51.2 Å². The number of nitrogens with zero attached hydrogens (tertiary/aromatic N) is 2. The Bertz CT molecular complexity index is 1090. The van der Waals surface area contributed by atoms with Crippen molar-refractivity contribution in [2.24, 2.45) is 5.92 Å². The number of hydrogen-bond donors (Lipinski definition) is 3. The summed E-state index contributed by atoms with van der Waals surface area (Å²) in [6, 6.07) is 5.22. The molecule has 2 aliphatic heterocycles. The smallest absolute Gasteiger partial charge is 0.245 e. The molecule has 0 unspecified atom stereocenters. The summed E-state index contributed by atoms with van der Waals surface area (Å²) >= 11 is 0. The van der Waals surface area contributed by atoms with Gasteiger partial charge < -0.3 is 25.4 Å². The maximum atomic E-state index is 13.9. The van der Waals surface area contributed by atoms with E-state index in [1.807, 2.05) is 29.8 Å². The topological polar surface area (TPSA) is 97.5 Å². The molecule has 0 spiro atoms. The van der Waals surface area contributed by atoms with Gasteiger partial charge in [0.2, 0.25) is 17.7 Å². The third kappa shape index (κ3) is 4.19. The highest BCUT2D eigenvalue weighted by molar-refractivity contribution is 5.91. The quantitative estimate of drug-likeness (QED) is 0.606. The molecule has 1 aromatic heterocycles. The number of nitrogens with one attached hydrogen (secondary N) is 3. The van der Waals surface area contributed by atoms with Gasteiger partial charge in [0.1, 0.15) is 6.04 Å². The summed E-state index contributed by atoms with van der Waals surface area (Å²) < 4.78 is 0. The van der Waals surface area contributed by atoms with Crippen LogP contribution < -0.4 is 10.6 Å². The normalized spacial score (nSPS) is 23.9. The summed E-state index contributed by atoms with van der Waals surface area (Å²) in [6.45, 7) is 10.5. The summed E-state index contributed by atoms with van der Waals surface area (Å²) in [7, 11) is 1.73. The highest BCUT2D eigenvalue weighted by Crippen LogP contribution is 2.43. The first-order valence-corrected chi connectivity index (χ1v) is 12.3. The van der Waals surface area contributed by atoms with Gasteiger partial charge in [0.25, 0.3) is 0 Å². The Hall–Kier alpha value is -2.87. The molecule has 0 saturated carbocycles. The van der Waals surface area contributed by atoms with Gasteiger partial charge in [0.05, 0.1) is 18.1 Å². The molecule has 8 nitrogen and oxygen atoms in total. The molecule has 3 N–H and O–H groups in total. The fourth-order valence-electron chi connectivity index (χ4n) is 5.65. The maximum absolute atomic E-state index is 13.9. The molecule has 184 valence electrons. The number of benzene rings is 1. The number of aryl methyl sites for hydroxylation is 1. The minimum absolute atomic E-state index is 0.0107. The number of hydrogen-bond acceptors (Lipinski definition) is 4. The van der Waals surface area contributed by atoms with Crippen molar-refractivity contribution in [2.45, 2.75) is 71.1 Å². The molecule has 2 fully saturated rings. The Morgan fingerprint density at radius 3 is 2.53 bits per heavy atom.